The van der Waals surface area contributed by atoms with Crippen molar-refractivity contribution in [3.8, 4) is 0 Å². The molecule has 0 aromatic heterocycles. The van der Waals surface area contributed by atoms with E-state index in [0.29, 0.717) is 13.2 Å². The Labute approximate surface area is 109 Å². The molecule has 0 rings (SSSR count). The first-order valence-corrected chi connectivity index (χ1v) is 6.22. The average Bonchev–Trinajstić information content (AvgIpc) is 2.09. The number of rotatable bonds is 8. The van der Waals surface area contributed by atoms with Crippen LogP contribution in [0.15, 0.2) is 0 Å². The molecule has 0 aliphatic rings. The molecule has 0 unspecified atom stereocenters. The SMILES string of the molecule is CCCCCOS(=O)(=O)CCNC.[NaH]. The Hall–Kier alpha value is 0.870. The average molecular weight is 233 g/mol. The van der Waals surface area contributed by atoms with Gasteiger partial charge in [0.05, 0.1) is 12.4 Å². The molecular formula is C8H20NNaO3S. The summed E-state index contributed by atoms with van der Waals surface area (Å²) in [7, 11) is -1.57. The van der Waals surface area contributed by atoms with Gasteiger partial charge in [0.15, 0.2) is 0 Å². The van der Waals surface area contributed by atoms with Crippen LogP contribution in [0, 0.1) is 0 Å². The van der Waals surface area contributed by atoms with Crippen LogP contribution in [0.25, 0.3) is 0 Å². The van der Waals surface area contributed by atoms with Gasteiger partial charge < -0.3 is 5.32 Å². The quantitative estimate of drug-likeness (QED) is 0.367. The van der Waals surface area contributed by atoms with Gasteiger partial charge in [-0.1, -0.05) is 19.8 Å². The topological polar surface area (TPSA) is 55.4 Å². The van der Waals surface area contributed by atoms with Crippen molar-refractivity contribution in [1.29, 1.82) is 0 Å². The van der Waals surface area contributed by atoms with E-state index in [9.17, 15) is 8.42 Å². The molecule has 1 N–H and O–H groups in total. The first-order chi connectivity index (χ1) is 6.12. The molecule has 0 amide bonds. The van der Waals surface area contributed by atoms with E-state index in [2.05, 4.69) is 12.2 Å². The van der Waals surface area contributed by atoms with Gasteiger partial charge in [-0.2, -0.15) is 8.42 Å². The summed E-state index contributed by atoms with van der Waals surface area (Å²) >= 11 is 0. The second-order valence-corrected chi connectivity index (χ2v) is 4.65. The first-order valence-electron chi connectivity index (χ1n) is 4.64. The van der Waals surface area contributed by atoms with Crippen LogP contribution in [0.2, 0.25) is 0 Å². The third-order valence-corrected chi connectivity index (χ3v) is 2.84. The molecule has 0 saturated carbocycles. The number of hydrogen-bond donors (Lipinski definition) is 1. The van der Waals surface area contributed by atoms with Crippen molar-refractivity contribution >= 4 is 39.7 Å². The maximum absolute atomic E-state index is 11.1. The number of nitrogens with one attached hydrogen (secondary N) is 1. The third-order valence-electron chi connectivity index (χ3n) is 1.61. The molecule has 0 radical (unpaired) electrons. The molecule has 82 valence electrons. The zero-order chi connectivity index (χ0) is 10.2. The second kappa shape index (κ2) is 10.4. The van der Waals surface area contributed by atoms with Crippen LogP contribution in [0.1, 0.15) is 26.2 Å². The van der Waals surface area contributed by atoms with Crippen molar-refractivity contribution in [3.63, 3.8) is 0 Å². The Morgan fingerprint density at radius 2 is 1.93 bits per heavy atom. The fourth-order valence-corrected chi connectivity index (χ4v) is 1.77. The zero-order valence-electron chi connectivity index (χ0n) is 8.38. The minimum atomic E-state index is -3.29. The number of hydrogen-bond acceptors (Lipinski definition) is 4. The summed E-state index contributed by atoms with van der Waals surface area (Å²) in [5, 5.41) is 2.77. The van der Waals surface area contributed by atoms with Crippen molar-refractivity contribution in [2.45, 2.75) is 26.2 Å². The molecule has 0 fully saturated rings. The molecule has 0 atom stereocenters. The standard InChI is InChI=1S/C8H19NO3S.Na.H/c1-3-4-5-7-12-13(10,11)8-6-9-2;;/h9H,3-8H2,1-2H3;;. The van der Waals surface area contributed by atoms with Crippen molar-refractivity contribution in [3.05, 3.63) is 0 Å². The summed E-state index contributed by atoms with van der Waals surface area (Å²) in [4.78, 5) is 0. The summed E-state index contributed by atoms with van der Waals surface area (Å²) in [6, 6.07) is 0. The monoisotopic (exact) mass is 233 g/mol. The van der Waals surface area contributed by atoms with E-state index in [-0.39, 0.29) is 35.3 Å². The van der Waals surface area contributed by atoms with Gasteiger partial charge in [-0.15, -0.1) is 0 Å². The molecule has 0 bridgehead atoms. The Bertz CT molecular complexity index is 207. The summed E-state index contributed by atoms with van der Waals surface area (Å²) in [5.41, 5.74) is 0. The predicted octanol–water partition coefficient (Wildman–Crippen LogP) is 0.0939. The van der Waals surface area contributed by atoms with Crippen LogP contribution in [-0.4, -0.2) is 63.9 Å². The van der Waals surface area contributed by atoms with Gasteiger partial charge in [0, 0.05) is 6.54 Å². The Morgan fingerprint density at radius 1 is 1.29 bits per heavy atom. The van der Waals surface area contributed by atoms with E-state index in [1.165, 1.54) is 0 Å². The molecule has 0 aromatic carbocycles. The zero-order valence-corrected chi connectivity index (χ0v) is 9.19. The molecule has 0 heterocycles. The molecular weight excluding hydrogens is 213 g/mol. The molecule has 14 heavy (non-hydrogen) atoms. The summed E-state index contributed by atoms with van der Waals surface area (Å²) < 4.78 is 26.9. The fourth-order valence-electron chi connectivity index (χ4n) is 0.824. The Balaban J connectivity index is 0. The van der Waals surface area contributed by atoms with Crippen molar-refractivity contribution in [2.75, 3.05) is 26.0 Å². The van der Waals surface area contributed by atoms with Crippen molar-refractivity contribution < 1.29 is 12.6 Å². The van der Waals surface area contributed by atoms with Crippen LogP contribution in [-0.2, 0) is 14.3 Å². The molecule has 0 saturated heterocycles. The van der Waals surface area contributed by atoms with E-state index in [4.69, 9.17) is 4.18 Å². The minimum absolute atomic E-state index is 0. The van der Waals surface area contributed by atoms with Gasteiger partial charge in [0.2, 0.25) is 0 Å². The van der Waals surface area contributed by atoms with Gasteiger partial charge in [0.1, 0.15) is 0 Å². The first kappa shape index (κ1) is 17.3. The van der Waals surface area contributed by atoms with Gasteiger partial charge in [-0.3, -0.25) is 4.18 Å². The Kier molecular flexibility index (Phi) is 12.8. The Morgan fingerprint density at radius 3 is 2.43 bits per heavy atom. The molecule has 0 aliphatic carbocycles. The van der Waals surface area contributed by atoms with Crippen molar-refractivity contribution in [1.82, 2.24) is 5.32 Å². The van der Waals surface area contributed by atoms with Crippen LogP contribution in [0.4, 0.5) is 0 Å². The molecule has 4 nitrogen and oxygen atoms in total. The summed E-state index contributed by atoms with van der Waals surface area (Å²) in [6.07, 6.45) is 2.90. The van der Waals surface area contributed by atoms with E-state index in [1.807, 2.05) is 0 Å². The predicted molar refractivity (Wildman–Crippen MR) is 60.3 cm³/mol. The van der Waals surface area contributed by atoms with Crippen LogP contribution in [0.3, 0.4) is 0 Å². The number of unbranched alkanes of at least 4 members (excludes halogenated alkanes) is 2. The van der Waals surface area contributed by atoms with E-state index >= 15 is 0 Å². The molecule has 0 aliphatic heterocycles. The molecule has 0 aromatic rings. The molecule has 6 heteroatoms. The normalized spacial score (nSPS) is 11.0. The molecule has 0 spiro atoms. The van der Waals surface area contributed by atoms with Gasteiger partial charge in [-0.05, 0) is 13.5 Å². The van der Waals surface area contributed by atoms with Crippen molar-refractivity contribution in [2.24, 2.45) is 0 Å². The summed E-state index contributed by atoms with van der Waals surface area (Å²) in [5.74, 6) is 0.0512. The fraction of sp³-hybridized carbons (Fsp3) is 1.00. The summed E-state index contributed by atoms with van der Waals surface area (Å²) in [6.45, 7) is 2.82. The van der Waals surface area contributed by atoms with Gasteiger partial charge in [-0.25, -0.2) is 0 Å². The van der Waals surface area contributed by atoms with E-state index in [0.717, 1.165) is 19.3 Å². The van der Waals surface area contributed by atoms with Crippen LogP contribution in [0.5, 0.6) is 0 Å². The second-order valence-electron chi connectivity index (χ2n) is 2.89. The van der Waals surface area contributed by atoms with E-state index in [1.54, 1.807) is 7.05 Å². The van der Waals surface area contributed by atoms with Crippen LogP contribution < -0.4 is 5.32 Å². The third kappa shape index (κ3) is 10.9. The maximum atomic E-state index is 11.1. The van der Waals surface area contributed by atoms with E-state index < -0.39 is 10.1 Å². The van der Waals surface area contributed by atoms with Crippen LogP contribution >= 0.6 is 0 Å². The van der Waals surface area contributed by atoms with Gasteiger partial charge in [0.25, 0.3) is 10.1 Å². The van der Waals surface area contributed by atoms with Gasteiger partial charge >= 0.3 is 29.6 Å².